The molecule has 132 valence electrons. The molecule has 1 aromatic carbocycles. The van der Waals surface area contributed by atoms with E-state index in [0.29, 0.717) is 26.2 Å². The Balaban J connectivity index is 2.07. The van der Waals surface area contributed by atoms with Gasteiger partial charge in [0, 0.05) is 37.9 Å². The minimum atomic E-state index is -1.53. The number of aromatic carboxylic acids is 1. The van der Waals surface area contributed by atoms with Gasteiger partial charge in [0.05, 0.1) is 0 Å². The van der Waals surface area contributed by atoms with Gasteiger partial charge in [-0.25, -0.2) is 18.4 Å². The van der Waals surface area contributed by atoms with Gasteiger partial charge in [0.1, 0.15) is 11.2 Å². The number of ether oxygens (including phenoxy) is 1. The summed E-state index contributed by atoms with van der Waals surface area (Å²) >= 11 is 0. The second kappa shape index (κ2) is 6.62. The molecule has 8 heteroatoms. The van der Waals surface area contributed by atoms with Crippen molar-refractivity contribution in [2.75, 3.05) is 31.1 Å². The lowest BCUT2D eigenvalue weighted by atomic mass is 10.1. The van der Waals surface area contributed by atoms with Gasteiger partial charge in [0.15, 0.2) is 11.6 Å². The van der Waals surface area contributed by atoms with Crippen LogP contribution in [0.4, 0.5) is 19.3 Å². The largest absolute Gasteiger partial charge is 0.478 e. The summed E-state index contributed by atoms with van der Waals surface area (Å²) in [7, 11) is 0. The Morgan fingerprint density at radius 2 is 1.71 bits per heavy atom. The molecule has 1 aliphatic rings. The maximum absolute atomic E-state index is 13.6. The molecule has 24 heavy (non-hydrogen) atoms. The number of carboxylic acid groups (broad SMARTS) is 1. The number of carbonyl (C=O) groups excluding carboxylic acids is 1. The number of carboxylic acids is 1. The first-order valence-corrected chi connectivity index (χ1v) is 7.53. The van der Waals surface area contributed by atoms with Crippen molar-refractivity contribution in [2.24, 2.45) is 0 Å². The molecule has 0 radical (unpaired) electrons. The Labute approximate surface area is 138 Å². The van der Waals surface area contributed by atoms with E-state index in [1.54, 1.807) is 25.7 Å². The van der Waals surface area contributed by atoms with E-state index in [1.807, 2.05) is 0 Å². The van der Waals surface area contributed by atoms with Gasteiger partial charge in [0.2, 0.25) is 0 Å². The van der Waals surface area contributed by atoms with Gasteiger partial charge in [-0.1, -0.05) is 0 Å². The number of piperazine rings is 1. The van der Waals surface area contributed by atoms with E-state index >= 15 is 0 Å². The lowest BCUT2D eigenvalue weighted by molar-refractivity contribution is 0.0240. The van der Waals surface area contributed by atoms with Crippen molar-refractivity contribution in [3.8, 4) is 0 Å². The SMILES string of the molecule is CC(C)(C)OC(=O)N1CCN(c2cc(F)c(F)c(C(=O)O)c2)CC1. The Bertz CT molecular complexity index is 650. The van der Waals surface area contributed by atoms with E-state index in [-0.39, 0.29) is 5.69 Å². The van der Waals surface area contributed by atoms with E-state index < -0.39 is 34.9 Å². The van der Waals surface area contributed by atoms with Crippen molar-refractivity contribution < 1.29 is 28.2 Å². The summed E-state index contributed by atoms with van der Waals surface area (Å²) in [6, 6.07) is 2.06. The Kier molecular flexibility index (Phi) is 4.96. The predicted octanol–water partition coefficient (Wildman–Crippen LogP) is 2.72. The molecule has 0 aromatic heterocycles. The highest BCUT2D eigenvalue weighted by Crippen LogP contribution is 2.24. The first kappa shape index (κ1) is 18.0. The van der Waals surface area contributed by atoms with Crippen LogP contribution in [-0.2, 0) is 4.74 Å². The molecule has 1 saturated heterocycles. The molecule has 0 spiro atoms. The number of halogens is 2. The quantitative estimate of drug-likeness (QED) is 0.895. The summed E-state index contributed by atoms with van der Waals surface area (Å²) in [5.41, 5.74) is -1.03. The maximum Gasteiger partial charge on any atom is 0.410 e. The van der Waals surface area contributed by atoms with Crippen LogP contribution in [0, 0.1) is 11.6 Å². The van der Waals surface area contributed by atoms with Gasteiger partial charge in [0.25, 0.3) is 0 Å². The van der Waals surface area contributed by atoms with Crippen LogP contribution < -0.4 is 4.90 Å². The first-order valence-electron chi connectivity index (χ1n) is 7.53. The smallest absolute Gasteiger partial charge is 0.410 e. The summed E-state index contributed by atoms with van der Waals surface area (Å²) in [6.45, 7) is 6.74. The third kappa shape index (κ3) is 4.12. The predicted molar refractivity (Wildman–Crippen MR) is 83.3 cm³/mol. The van der Waals surface area contributed by atoms with E-state index in [9.17, 15) is 18.4 Å². The lowest BCUT2D eigenvalue weighted by Crippen LogP contribution is -2.50. The zero-order valence-electron chi connectivity index (χ0n) is 13.8. The van der Waals surface area contributed by atoms with Gasteiger partial charge in [-0.05, 0) is 26.8 Å². The summed E-state index contributed by atoms with van der Waals surface area (Å²) in [5.74, 6) is -4.11. The average Bonchev–Trinajstić information content (AvgIpc) is 2.48. The van der Waals surface area contributed by atoms with Crippen LogP contribution >= 0.6 is 0 Å². The normalized spacial score (nSPS) is 15.4. The second-order valence-electron chi connectivity index (χ2n) is 6.55. The number of amides is 1. The van der Waals surface area contributed by atoms with Crippen molar-refractivity contribution in [1.29, 1.82) is 0 Å². The van der Waals surface area contributed by atoms with E-state index in [0.717, 1.165) is 12.1 Å². The van der Waals surface area contributed by atoms with Crippen LogP contribution in [0.2, 0.25) is 0 Å². The Morgan fingerprint density at radius 1 is 1.12 bits per heavy atom. The fraction of sp³-hybridized carbons (Fsp3) is 0.500. The molecule has 1 aliphatic heterocycles. The molecule has 0 saturated carbocycles. The molecule has 1 N–H and O–H groups in total. The third-order valence-corrected chi connectivity index (χ3v) is 3.54. The zero-order chi connectivity index (χ0) is 18.1. The number of anilines is 1. The van der Waals surface area contributed by atoms with Crippen molar-refractivity contribution >= 4 is 17.7 Å². The van der Waals surface area contributed by atoms with Crippen LogP contribution in [0.5, 0.6) is 0 Å². The van der Waals surface area contributed by atoms with E-state index in [1.165, 1.54) is 4.90 Å². The van der Waals surface area contributed by atoms with Gasteiger partial charge in [-0.3, -0.25) is 0 Å². The van der Waals surface area contributed by atoms with Crippen LogP contribution in [0.1, 0.15) is 31.1 Å². The molecule has 0 unspecified atom stereocenters. The van der Waals surface area contributed by atoms with E-state index in [4.69, 9.17) is 9.84 Å². The minimum Gasteiger partial charge on any atom is -0.478 e. The molecule has 1 aromatic rings. The Hall–Kier alpha value is -2.38. The number of nitrogens with zero attached hydrogens (tertiary/aromatic N) is 2. The average molecular weight is 342 g/mol. The monoisotopic (exact) mass is 342 g/mol. The van der Waals surface area contributed by atoms with Crippen LogP contribution in [0.25, 0.3) is 0 Å². The molecular weight excluding hydrogens is 322 g/mol. The molecular formula is C16H20F2N2O4. The highest BCUT2D eigenvalue weighted by molar-refractivity contribution is 5.89. The van der Waals surface area contributed by atoms with Crippen molar-refractivity contribution in [1.82, 2.24) is 4.90 Å². The second-order valence-corrected chi connectivity index (χ2v) is 6.55. The highest BCUT2D eigenvalue weighted by Gasteiger charge is 2.27. The van der Waals surface area contributed by atoms with Crippen molar-refractivity contribution in [3.63, 3.8) is 0 Å². The van der Waals surface area contributed by atoms with Gasteiger partial charge >= 0.3 is 12.1 Å². The van der Waals surface area contributed by atoms with Gasteiger partial charge in [-0.15, -0.1) is 0 Å². The summed E-state index contributed by atoms with van der Waals surface area (Å²) < 4.78 is 32.4. The van der Waals surface area contributed by atoms with Crippen LogP contribution in [0.15, 0.2) is 12.1 Å². The highest BCUT2D eigenvalue weighted by atomic mass is 19.2. The van der Waals surface area contributed by atoms with Crippen LogP contribution in [0.3, 0.4) is 0 Å². The van der Waals surface area contributed by atoms with Crippen molar-refractivity contribution in [2.45, 2.75) is 26.4 Å². The molecule has 1 heterocycles. The molecule has 2 rings (SSSR count). The van der Waals surface area contributed by atoms with Crippen molar-refractivity contribution in [3.05, 3.63) is 29.3 Å². The minimum absolute atomic E-state index is 0.273. The van der Waals surface area contributed by atoms with Gasteiger partial charge < -0.3 is 19.6 Å². The lowest BCUT2D eigenvalue weighted by Gasteiger charge is -2.36. The van der Waals surface area contributed by atoms with Gasteiger partial charge in [-0.2, -0.15) is 0 Å². The fourth-order valence-electron chi connectivity index (χ4n) is 2.39. The third-order valence-electron chi connectivity index (χ3n) is 3.54. The summed E-state index contributed by atoms with van der Waals surface area (Å²) in [6.07, 6.45) is -0.432. The molecule has 6 nitrogen and oxygen atoms in total. The topological polar surface area (TPSA) is 70.1 Å². The zero-order valence-corrected chi connectivity index (χ0v) is 13.8. The number of hydrogen-bond donors (Lipinski definition) is 1. The summed E-state index contributed by atoms with van der Waals surface area (Å²) in [4.78, 5) is 26.2. The number of benzene rings is 1. The Morgan fingerprint density at radius 3 is 2.21 bits per heavy atom. The number of hydrogen-bond acceptors (Lipinski definition) is 4. The molecule has 1 amide bonds. The molecule has 0 atom stereocenters. The molecule has 1 fully saturated rings. The fourth-order valence-corrected chi connectivity index (χ4v) is 2.39. The van der Waals surface area contributed by atoms with Crippen LogP contribution in [-0.4, -0.2) is 53.8 Å². The van der Waals surface area contributed by atoms with E-state index in [2.05, 4.69) is 0 Å². The molecule has 0 bridgehead atoms. The first-order chi connectivity index (χ1) is 11.1. The molecule has 0 aliphatic carbocycles. The maximum atomic E-state index is 13.6. The summed E-state index contributed by atoms with van der Waals surface area (Å²) in [5, 5.41) is 8.94. The number of carbonyl (C=O) groups is 2. The standard InChI is InChI=1S/C16H20F2N2O4/c1-16(2,3)24-15(23)20-6-4-19(5-7-20)10-8-11(14(21)22)13(18)12(17)9-10/h8-9H,4-7H2,1-3H3,(H,21,22). The number of rotatable bonds is 2.